The summed E-state index contributed by atoms with van der Waals surface area (Å²) >= 11 is 19.1. The molecule has 2 aliphatic heterocycles. The van der Waals surface area contributed by atoms with Gasteiger partial charge in [0, 0.05) is 27.7 Å². The van der Waals surface area contributed by atoms with Gasteiger partial charge in [-0.2, -0.15) is 5.10 Å². The summed E-state index contributed by atoms with van der Waals surface area (Å²) in [7, 11) is 0. The molecule has 5 rings (SSSR count). The van der Waals surface area contributed by atoms with Crippen LogP contribution in [0.3, 0.4) is 0 Å². The van der Waals surface area contributed by atoms with Crippen molar-refractivity contribution >= 4 is 53.1 Å². The zero-order valence-electron chi connectivity index (χ0n) is 20.4. The van der Waals surface area contributed by atoms with Gasteiger partial charge in [-0.1, -0.05) is 41.2 Å². The third-order valence-electron chi connectivity index (χ3n) is 6.83. The molecule has 1 fully saturated rings. The monoisotopic (exact) mass is 568 g/mol. The van der Waals surface area contributed by atoms with Crippen LogP contribution in [-0.4, -0.2) is 32.8 Å². The van der Waals surface area contributed by atoms with E-state index in [4.69, 9.17) is 44.6 Å². The van der Waals surface area contributed by atoms with Gasteiger partial charge in [-0.3, -0.25) is 10.2 Å². The number of nitrogens with zero attached hydrogens (tertiary/aromatic N) is 3. The van der Waals surface area contributed by atoms with Crippen molar-refractivity contribution in [1.29, 1.82) is 0 Å². The molecule has 3 aromatic rings. The Kier molecular flexibility index (Phi) is 7.58. The maximum atomic E-state index is 13.8. The Morgan fingerprint density at radius 1 is 1.06 bits per heavy atom. The Labute approximate surface area is 232 Å². The predicted molar refractivity (Wildman–Crippen MR) is 147 cm³/mol. The lowest BCUT2D eigenvalue weighted by atomic mass is 9.88. The number of carbonyl (C=O) groups excluding carboxylic acids is 1. The van der Waals surface area contributed by atoms with Crippen molar-refractivity contribution in [1.82, 2.24) is 20.2 Å². The third kappa shape index (κ3) is 4.70. The van der Waals surface area contributed by atoms with Gasteiger partial charge in [-0.05, 0) is 76.9 Å². The summed E-state index contributed by atoms with van der Waals surface area (Å²) in [6, 6.07) is 11.1. The van der Waals surface area contributed by atoms with Crippen LogP contribution < -0.4 is 10.2 Å². The van der Waals surface area contributed by atoms with Crippen LogP contribution in [-0.2, 0) is 5.60 Å². The van der Waals surface area contributed by atoms with Gasteiger partial charge in [-0.15, -0.1) is 12.4 Å². The minimum absolute atomic E-state index is 0. The van der Waals surface area contributed by atoms with Gasteiger partial charge in [0.25, 0.3) is 5.91 Å². The molecular formula is C26H28Cl4N4O2. The topological polar surface area (TPSA) is 59.4 Å². The molecule has 0 radical (unpaired) electrons. The van der Waals surface area contributed by atoms with E-state index >= 15 is 0 Å². The fourth-order valence-electron chi connectivity index (χ4n) is 5.14. The number of hydrazine groups is 1. The number of halogens is 4. The van der Waals surface area contributed by atoms with Gasteiger partial charge >= 0.3 is 0 Å². The molecule has 2 atom stereocenters. The smallest absolute Gasteiger partial charge is 0.286 e. The van der Waals surface area contributed by atoms with Gasteiger partial charge in [-0.25, -0.2) is 9.69 Å². The number of fused-ring (bicyclic) bond motifs is 3. The number of carbonyl (C=O) groups is 1. The van der Waals surface area contributed by atoms with E-state index in [1.807, 2.05) is 24.9 Å². The van der Waals surface area contributed by atoms with Crippen molar-refractivity contribution < 1.29 is 9.53 Å². The average molecular weight is 570 g/mol. The number of benzene rings is 2. The molecule has 0 spiro atoms. The van der Waals surface area contributed by atoms with Crippen molar-refractivity contribution in [2.24, 2.45) is 0 Å². The molecule has 2 unspecified atom stereocenters. The van der Waals surface area contributed by atoms with Crippen LogP contribution in [0.15, 0.2) is 36.4 Å². The van der Waals surface area contributed by atoms with Gasteiger partial charge in [0.1, 0.15) is 11.4 Å². The molecule has 2 aromatic carbocycles. The van der Waals surface area contributed by atoms with Gasteiger partial charge in [0.2, 0.25) is 0 Å². The minimum Gasteiger partial charge on any atom is -0.482 e. The van der Waals surface area contributed by atoms with Gasteiger partial charge in [0.05, 0.1) is 22.0 Å². The van der Waals surface area contributed by atoms with Crippen LogP contribution in [0.1, 0.15) is 63.0 Å². The molecule has 192 valence electrons. The average Bonchev–Trinajstić information content (AvgIpc) is 3.18. The Morgan fingerprint density at radius 2 is 1.69 bits per heavy atom. The predicted octanol–water partition coefficient (Wildman–Crippen LogP) is 7.46. The standard InChI is InChI=1S/C26H27Cl3N4O2.ClH/c1-14-6-5-7-15(2)32(14)31-25(34)23-22-24(33(30-23)20-11-9-16(27)12-19(20)29)18-10-8-17(28)13-21(18)35-26(22,3)4;/h8-15H,5-7H2,1-4H3,(H,31,34);1H. The maximum Gasteiger partial charge on any atom is 0.286 e. The highest BCUT2D eigenvalue weighted by Gasteiger charge is 2.42. The second-order valence-corrected chi connectivity index (χ2v) is 11.1. The number of hydrogen-bond donors (Lipinski definition) is 1. The van der Waals surface area contributed by atoms with E-state index < -0.39 is 5.60 Å². The summed E-state index contributed by atoms with van der Waals surface area (Å²) in [6.07, 6.45) is 3.20. The van der Waals surface area contributed by atoms with Crippen molar-refractivity contribution in [3.05, 3.63) is 62.7 Å². The largest absolute Gasteiger partial charge is 0.482 e. The summed E-state index contributed by atoms with van der Waals surface area (Å²) in [5, 5.41) is 8.36. The Balaban J connectivity index is 0.00000304. The van der Waals surface area contributed by atoms with Crippen LogP contribution in [0.4, 0.5) is 0 Å². The van der Waals surface area contributed by atoms with E-state index in [1.54, 1.807) is 35.0 Å². The number of nitrogens with one attached hydrogen (secondary N) is 1. The van der Waals surface area contributed by atoms with E-state index in [1.165, 1.54) is 0 Å². The van der Waals surface area contributed by atoms with Crippen molar-refractivity contribution in [2.75, 3.05) is 0 Å². The highest BCUT2D eigenvalue weighted by atomic mass is 35.5. The van der Waals surface area contributed by atoms with Crippen LogP contribution in [0, 0.1) is 0 Å². The summed E-state index contributed by atoms with van der Waals surface area (Å²) in [5.41, 5.74) is 5.39. The Hall–Kier alpha value is -1.96. The minimum atomic E-state index is -0.851. The van der Waals surface area contributed by atoms with Crippen LogP contribution in [0.5, 0.6) is 5.75 Å². The molecule has 1 aromatic heterocycles. The molecular weight excluding hydrogens is 542 g/mol. The fourth-order valence-corrected chi connectivity index (χ4v) is 5.79. The van der Waals surface area contributed by atoms with Crippen molar-refractivity contribution in [3.8, 4) is 22.7 Å². The number of rotatable bonds is 3. The van der Waals surface area contributed by atoms with Gasteiger partial charge in [0.15, 0.2) is 5.69 Å². The van der Waals surface area contributed by atoms with Crippen molar-refractivity contribution in [2.45, 2.75) is 64.6 Å². The van der Waals surface area contributed by atoms with Crippen LogP contribution >= 0.6 is 47.2 Å². The molecule has 0 saturated carbocycles. The lowest BCUT2D eigenvalue weighted by molar-refractivity contribution is 0.0358. The first-order chi connectivity index (χ1) is 16.6. The molecule has 1 amide bonds. The molecule has 0 aliphatic carbocycles. The zero-order chi connectivity index (χ0) is 25.1. The molecule has 1 N–H and O–H groups in total. The van der Waals surface area contributed by atoms with E-state index in [9.17, 15) is 4.79 Å². The molecule has 6 nitrogen and oxygen atoms in total. The summed E-state index contributed by atoms with van der Waals surface area (Å²) in [6.45, 7) is 8.11. The lowest BCUT2D eigenvalue weighted by Gasteiger charge is -2.39. The number of piperidine rings is 1. The highest BCUT2D eigenvalue weighted by Crippen LogP contribution is 2.48. The van der Waals surface area contributed by atoms with E-state index in [0.717, 1.165) is 30.5 Å². The molecule has 36 heavy (non-hydrogen) atoms. The summed E-state index contributed by atoms with van der Waals surface area (Å²) in [4.78, 5) is 13.8. The zero-order valence-corrected chi connectivity index (χ0v) is 23.5. The molecule has 1 saturated heterocycles. The molecule has 10 heteroatoms. The normalized spacial score (nSPS) is 20.5. The molecule has 3 heterocycles. The van der Waals surface area contributed by atoms with Gasteiger partial charge < -0.3 is 4.74 Å². The fraction of sp³-hybridized carbons (Fsp3) is 0.385. The number of amides is 1. The summed E-state index contributed by atoms with van der Waals surface area (Å²) < 4.78 is 8.07. The Morgan fingerprint density at radius 3 is 2.36 bits per heavy atom. The maximum absolute atomic E-state index is 13.8. The van der Waals surface area contributed by atoms with Crippen LogP contribution in [0.25, 0.3) is 16.9 Å². The first kappa shape index (κ1) is 27.1. The summed E-state index contributed by atoms with van der Waals surface area (Å²) in [5.74, 6) is 0.339. The number of hydrogen-bond acceptors (Lipinski definition) is 4. The molecule has 2 aliphatic rings. The third-order valence-corrected chi connectivity index (χ3v) is 7.60. The Bertz CT molecular complexity index is 1310. The second-order valence-electron chi connectivity index (χ2n) is 9.81. The second kappa shape index (κ2) is 10.1. The highest BCUT2D eigenvalue weighted by molar-refractivity contribution is 6.35. The number of aromatic nitrogens is 2. The van der Waals surface area contributed by atoms with Crippen LogP contribution in [0.2, 0.25) is 15.1 Å². The van der Waals surface area contributed by atoms with Crippen molar-refractivity contribution in [3.63, 3.8) is 0 Å². The SMILES string of the molecule is CC1CCCC(C)N1NC(=O)c1nn(-c2ccc(Cl)cc2Cl)c2c1C(C)(C)Oc1cc(Cl)ccc1-2.Cl. The number of ether oxygens (including phenoxy) is 1. The van der Waals surface area contributed by atoms with E-state index in [-0.39, 0.29) is 30.4 Å². The van der Waals surface area contributed by atoms with E-state index in [0.29, 0.717) is 37.8 Å². The first-order valence-corrected chi connectivity index (χ1v) is 12.9. The van der Waals surface area contributed by atoms with E-state index in [2.05, 4.69) is 19.3 Å². The quantitative estimate of drug-likeness (QED) is 0.355. The lowest BCUT2D eigenvalue weighted by Crippen LogP contribution is -2.54. The molecule has 0 bridgehead atoms. The first-order valence-electron chi connectivity index (χ1n) is 11.7.